The number of hydrogen-bond donors (Lipinski definition) is 0. The topological polar surface area (TPSA) is 97.4 Å². The Balaban J connectivity index is 2.28. The minimum Gasteiger partial charge on any atom is -0.445 e. The van der Waals surface area contributed by atoms with E-state index in [1.807, 2.05) is 0 Å². The molecule has 2 heterocycles. The van der Waals surface area contributed by atoms with Gasteiger partial charge in [0.1, 0.15) is 6.10 Å². The van der Waals surface area contributed by atoms with Crippen LogP contribution in [-0.2, 0) is 38.1 Å². The SMILES string of the molecule is C=CCC(=O)OC1=C(OC(=O)CC=C)[C@@H]([C@@H]2COC(C)(C)O2)OC1=O. The Labute approximate surface area is 145 Å². The number of ether oxygens (including phenoxy) is 5. The van der Waals surface area contributed by atoms with Crippen LogP contribution in [0.4, 0.5) is 0 Å². The first kappa shape index (κ1) is 18.9. The molecular formula is C17H20O8. The molecule has 0 bridgehead atoms. The number of rotatable bonds is 7. The Morgan fingerprint density at radius 2 is 1.80 bits per heavy atom. The molecule has 0 aromatic carbocycles. The van der Waals surface area contributed by atoms with Gasteiger partial charge in [-0.15, -0.1) is 13.2 Å². The average molecular weight is 352 g/mol. The fourth-order valence-corrected chi connectivity index (χ4v) is 2.31. The van der Waals surface area contributed by atoms with Crippen molar-refractivity contribution < 1.29 is 38.1 Å². The maximum atomic E-state index is 12.1. The van der Waals surface area contributed by atoms with E-state index in [1.54, 1.807) is 13.8 Å². The molecule has 0 amide bonds. The third-order valence-corrected chi connectivity index (χ3v) is 3.33. The molecule has 0 aromatic heterocycles. The van der Waals surface area contributed by atoms with E-state index in [2.05, 4.69) is 13.2 Å². The zero-order valence-electron chi connectivity index (χ0n) is 14.1. The van der Waals surface area contributed by atoms with Crippen molar-refractivity contribution in [2.75, 3.05) is 6.61 Å². The predicted octanol–water partition coefficient (Wildman–Crippen LogP) is 1.51. The fourth-order valence-electron chi connectivity index (χ4n) is 2.31. The summed E-state index contributed by atoms with van der Waals surface area (Å²) in [6, 6.07) is 0. The van der Waals surface area contributed by atoms with Crippen LogP contribution in [0.3, 0.4) is 0 Å². The number of esters is 3. The van der Waals surface area contributed by atoms with Gasteiger partial charge in [0, 0.05) is 0 Å². The van der Waals surface area contributed by atoms with Crippen molar-refractivity contribution >= 4 is 17.9 Å². The van der Waals surface area contributed by atoms with E-state index >= 15 is 0 Å². The smallest absolute Gasteiger partial charge is 0.378 e. The van der Waals surface area contributed by atoms with Crippen LogP contribution >= 0.6 is 0 Å². The van der Waals surface area contributed by atoms with Crippen LogP contribution in [0.15, 0.2) is 36.8 Å². The van der Waals surface area contributed by atoms with E-state index in [0.29, 0.717) is 0 Å². The molecule has 8 nitrogen and oxygen atoms in total. The first-order valence-corrected chi connectivity index (χ1v) is 7.67. The van der Waals surface area contributed by atoms with Gasteiger partial charge in [-0.3, -0.25) is 9.59 Å². The summed E-state index contributed by atoms with van der Waals surface area (Å²) >= 11 is 0. The summed E-state index contributed by atoms with van der Waals surface area (Å²) in [5, 5.41) is 0. The maximum Gasteiger partial charge on any atom is 0.378 e. The summed E-state index contributed by atoms with van der Waals surface area (Å²) < 4.78 is 26.5. The van der Waals surface area contributed by atoms with Gasteiger partial charge in [0.05, 0.1) is 19.4 Å². The molecule has 1 fully saturated rings. The molecule has 0 radical (unpaired) electrons. The Bertz CT molecular complexity index is 631. The highest BCUT2D eigenvalue weighted by Gasteiger charge is 2.49. The molecule has 2 atom stereocenters. The first-order chi connectivity index (χ1) is 11.8. The third-order valence-electron chi connectivity index (χ3n) is 3.33. The summed E-state index contributed by atoms with van der Waals surface area (Å²) in [4.78, 5) is 35.6. The van der Waals surface area contributed by atoms with Gasteiger partial charge in [-0.05, 0) is 13.8 Å². The van der Waals surface area contributed by atoms with Crippen molar-refractivity contribution in [2.45, 2.75) is 44.7 Å². The zero-order chi connectivity index (χ0) is 18.6. The normalized spacial score (nSPS) is 24.6. The molecule has 8 heteroatoms. The molecule has 0 saturated carbocycles. The van der Waals surface area contributed by atoms with Crippen molar-refractivity contribution in [3.05, 3.63) is 36.8 Å². The van der Waals surface area contributed by atoms with Crippen LogP contribution in [0.5, 0.6) is 0 Å². The van der Waals surface area contributed by atoms with Gasteiger partial charge in [0.15, 0.2) is 11.9 Å². The summed E-state index contributed by atoms with van der Waals surface area (Å²) in [6.07, 6.45) is 0.685. The van der Waals surface area contributed by atoms with E-state index in [1.165, 1.54) is 12.2 Å². The van der Waals surface area contributed by atoms with Gasteiger partial charge in [0.25, 0.3) is 5.76 Å². The molecule has 0 aromatic rings. The van der Waals surface area contributed by atoms with Crippen molar-refractivity contribution in [1.82, 2.24) is 0 Å². The molecule has 2 rings (SSSR count). The van der Waals surface area contributed by atoms with E-state index < -0.39 is 41.7 Å². The Morgan fingerprint density at radius 1 is 1.20 bits per heavy atom. The highest BCUT2D eigenvalue weighted by Crippen LogP contribution is 2.34. The molecule has 2 aliphatic rings. The highest BCUT2D eigenvalue weighted by molar-refractivity contribution is 5.93. The van der Waals surface area contributed by atoms with Crippen LogP contribution in [0.1, 0.15) is 26.7 Å². The minimum atomic E-state index is -1.06. The Kier molecular flexibility index (Phi) is 5.76. The summed E-state index contributed by atoms with van der Waals surface area (Å²) in [6.45, 7) is 10.4. The largest absolute Gasteiger partial charge is 0.445 e. The van der Waals surface area contributed by atoms with Crippen LogP contribution in [0, 0.1) is 0 Å². The molecule has 0 unspecified atom stereocenters. The minimum absolute atomic E-state index is 0.0915. The lowest BCUT2D eigenvalue weighted by Crippen LogP contribution is -2.34. The second-order valence-electron chi connectivity index (χ2n) is 5.82. The van der Waals surface area contributed by atoms with E-state index in [9.17, 15) is 14.4 Å². The molecule has 136 valence electrons. The summed E-state index contributed by atoms with van der Waals surface area (Å²) in [5.41, 5.74) is 0. The molecule has 0 spiro atoms. The monoisotopic (exact) mass is 352 g/mol. The van der Waals surface area contributed by atoms with Gasteiger partial charge in [-0.1, -0.05) is 12.2 Å². The third kappa shape index (κ3) is 4.55. The fraction of sp³-hybridized carbons (Fsp3) is 0.471. The van der Waals surface area contributed by atoms with Crippen LogP contribution in [0.2, 0.25) is 0 Å². The Hall–Kier alpha value is -2.45. The van der Waals surface area contributed by atoms with Crippen LogP contribution in [0.25, 0.3) is 0 Å². The Morgan fingerprint density at radius 3 is 2.32 bits per heavy atom. The van der Waals surface area contributed by atoms with Crippen molar-refractivity contribution in [3.63, 3.8) is 0 Å². The van der Waals surface area contributed by atoms with E-state index in [0.717, 1.165) is 0 Å². The number of carbonyl (C=O) groups excluding carboxylic acids is 3. The maximum absolute atomic E-state index is 12.1. The molecule has 25 heavy (non-hydrogen) atoms. The second kappa shape index (κ2) is 7.62. The quantitative estimate of drug-likeness (QED) is 0.386. The van der Waals surface area contributed by atoms with E-state index in [4.69, 9.17) is 23.7 Å². The molecule has 1 saturated heterocycles. The summed E-state index contributed by atoms with van der Waals surface area (Å²) in [7, 11) is 0. The molecule has 0 aliphatic carbocycles. The van der Waals surface area contributed by atoms with Crippen LogP contribution in [-0.4, -0.2) is 42.5 Å². The molecule has 0 N–H and O–H groups in total. The number of hydrogen-bond acceptors (Lipinski definition) is 8. The average Bonchev–Trinajstić information content (AvgIpc) is 3.01. The van der Waals surface area contributed by atoms with Gasteiger partial charge >= 0.3 is 17.9 Å². The first-order valence-electron chi connectivity index (χ1n) is 7.67. The molecular weight excluding hydrogens is 332 g/mol. The van der Waals surface area contributed by atoms with Gasteiger partial charge in [-0.25, -0.2) is 4.79 Å². The summed E-state index contributed by atoms with van der Waals surface area (Å²) in [5.74, 6) is -3.89. The van der Waals surface area contributed by atoms with Crippen molar-refractivity contribution in [1.29, 1.82) is 0 Å². The lowest BCUT2D eigenvalue weighted by Gasteiger charge is -2.21. The van der Waals surface area contributed by atoms with E-state index in [-0.39, 0.29) is 25.2 Å². The predicted molar refractivity (Wildman–Crippen MR) is 83.6 cm³/mol. The number of cyclic esters (lactones) is 1. The van der Waals surface area contributed by atoms with Crippen molar-refractivity contribution in [2.24, 2.45) is 0 Å². The number of carbonyl (C=O) groups is 3. The van der Waals surface area contributed by atoms with Gasteiger partial charge in [-0.2, -0.15) is 0 Å². The molecule has 2 aliphatic heterocycles. The van der Waals surface area contributed by atoms with Crippen LogP contribution < -0.4 is 0 Å². The highest BCUT2D eigenvalue weighted by atomic mass is 16.8. The van der Waals surface area contributed by atoms with Gasteiger partial charge < -0.3 is 23.7 Å². The lowest BCUT2D eigenvalue weighted by atomic mass is 10.2. The van der Waals surface area contributed by atoms with Crippen molar-refractivity contribution in [3.8, 4) is 0 Å². The second-order valence-corrected chi connectivity index (χ2v) is 5.82. The zero-order valence-corrected chi connectivity index (χ0v) is 14.1. The van der Waals surface area contributed by atoms with Gasteiger partial charge in [0.2, 0.25) is 5.76 Å². The lowest BCUT2D eigenvalue weighted by molar-refractivity contribution is -0.165. The standard InChI is InChI=1S/C17H20O8/c1-5-7-11(18)22-14-13(10-9-21-17(3,4)25-10)24-16(20)15(14)23-12(19)8-6-2/h5-6,10,13H,1-2,7-9H2,3-4H3/t10-,13+/m0/s1.